The Kier molecular flexibility index (Phi) is 15.6. The molecule has 1 atom stereocenters. The van der Waals surface area contributed by atoms with Crippen LogP contribution in [0.5, 0.6) is 0 Å². The molecule has 0 spiro atoms. The molecule has 134 valence electrons. The molecule has 1 aliphatic rings. The summed E-state index contributed by atoms with van der Waals surface area (Å²) in [7, 11) is 2.24. The first-order valence-electron chi connectivity index (χ1n) is 9.70. The zero-order chi connectivity index (χ0) is 15.3. The number of unbranched alkanes of at least 4 members (excludes halogenated alkanes) is 11. The maximum Gasteiger partial charge on any atom is 0.0591 e. The summed E-state index contributed by atoms with van der Waals surface area (Å²) in [4.78, 5) is 5.09. The van der Waals surface area contributed by atoms with Crippen molar-refractivity contribution in [2.75, 3.05) is 26.7 Å². The van der Waals surface area contributed by atoms with E-state index in [2.05, 4.69) is 30.7 Å². The molecule has 0 aliphatic carbocycles. The summed E-state index contributed by atoms with van der Waals surface area (Å²) in [6, 6.07) is 0. The van der Waals surface area contributed by atoms with Gasteiger partial charge in [0.1, 0.15) is 0 Å². The first kappa shape index (κ1) is 22.6. The highest BCUT2D eigenvalue weighted by Crippen LogP contribution is 2.15. The highest BCUT2D eigenvalue weighted by atomic mass is 127. The van der Waals surface area contributed by atoms with Gasteiger partial charge in [0.15, 0.2) is 0 Å². The lowest BCUT2D eigenvalue weighted by Crippen LogP contribution is -2.34. The van der Waals surface area contributed by atoms with E-state index in [1.807, 2.05) is 0 Å². The van der Waals surface area contributed by atoms with Crippen LogP contribution < -0.4 is 0 Å². The smallest absolute Gasteiger partial charge is 0.0591 e. The van der Waals surface area contributed by atoms with Crippen molar-refractivity contribution in [1.29, 1.82) is 0 Å². The van der Waals surface area contributed by atoms with E-state index in [0.717, 1.165) is 0 Å². The van der Waals surface area contributed by atoms with E-state index in [1.165, 1.54) is 96.7 Å². The van der Waals surface area contributed by atoms with Crippen molar-refractivity contribution < 1.29 is 0 Å². The first-order chi connectivity index (χ1) is 10.3. The fourth-order valence-corrected chi connectivity index (χ4v) is 3.39. The predicted molar refractivity (Wildman–Crippen MR) is 110 cm³/mol. The van der Waals surface area contributed by atoms with Crippen LogP contribution in [0.1, 0.15) is 90.9 Å². The Hall–Kier alpha value is 0.650. The van der Waals surface area contributed by atoms with Gasteiger partial charge in [0.05, 0.1) is 6.17 Å². The van der Waals surface area contributed by atoms with Gasteiger partial charge in [0.2, 0.25) is 0 Å². The molecule has 1 rings (SSSR count). The Balaban J connectivity index is 0.00000441. The molecule has 2 nitrogen and oxygen atoms in total. The average molecular weight is 424 g/mol. The van der Waals surface area contributed by atoms with E-state index in [4.69, 9.17) is 0 Å². The Labute approximate surface area is 157 Å². The van der Waals surface area contributed by atoms with E-state index in [9.17, 15) is 0 Å². The zero-order valence-electron chi connectivity index (χ0n) is 15.5. The summed E-state index contributed by atoms with van der Waals surface area (Å²) in [6.07, 6.45) is 18.0. The van der Waals surface area contributed by atoms with Crippen LogP contribution in [0.15, 0.2) is 0 Å². The predicted octanol–water partition coefficient (Wildman–Crippen LogP) is 5.90. The number of hydrogen-bond acceptors (Lipinski definition) is 2. The quantitative estimate of drug-likeness (QED) is 0.268. The third-order valence-corrected chi connectivity index (χ3v) is 5.21. The van der Waals surface area contributed by atoms with Crippen LogP contribution in [0, 0.1) is 0 Å². The van der Waals surface area contributed by atoms with Gasteiger partial charge in [0.25, 0.3) is 0 Å². The van der Waals surface area contributed by atoms with Gasteiger partial charge in [0, 0.05) is 13.1 Å². The van der Waals surface area contributed by atoms with Gasteiger partial charge in [-0.3, -0.25) is 9.80 Å². The summed E-state index contributed by atoms with van der Waals surface area (Å²) in [5.41, 5.74) is 0. The normalized spacial score (nSPS) is 19.5. The van der Waals surface area contributed by atoms with Crippen LogP contribution in [0.2, 0.25) is 0 Å². The molecule has 0 aromatic carbocycles. The molecular formula is C19H41IN2. The van der Waals surface area contributed by atoms with Crippen LogP contribution in [0.3, 0.4) is 0 Å². The van der Waals surface area contributed by atoms with Crippen molar-refractivity contribution in [2.24, 2.45) is 0 Å². The maximum atomic E-state index is 2.64. The van der Waals surface area contributed by atoms with Gasteiger partial charge in [-0.1, -0.05) is 77.6 Å². The van der Waals surface area contributed by atoms with E-state index in [1.54, 1.807) is 0 Å². The zero-order valence-corrected chi connectivity index (χ0v) is 17.8. The highest BCUT2D eigenvalue weighted by molar-refractivity contribution is 14.0. The van der Waals surface area contributed by atoms with Crippen LogP contribution in [-0.2, 0) is 0 Å². The van der Waals surface area contributed by atoms with Crippen molar-refractivity contribution in [3.8, 4) is 0 Å². The molecule has 0 radical (unpaired) electrons. The molecule has 0 amide bonds. The van der Waals surface area contributed by atoms with Gasteiger partial charge in [-0.15, -0.1) is 24.0 Å². The van der Waals surface area contributed by atoms with E-state index >= 15 is 0 Å². The SMILES string of the molecule is CCCCCCCCCCCCCCN1CCN(C)C1C.I. The summed E-state index contributed by atoms with van der Waals surface area (Å²) in [6.45, 7) is 8.47. The lowest BCUT2D eigenvalue weighted by Gasteiger charge is -2.23. The highest BCUT2D eigenvalue weighted by Gasteiger charge is 2.23. The lowest BCUT2D eigenvalue weighted by atomic mass is 10.1. The molecule has 0 saturated carbocycles. The van der Waals surface area contributed by atoms with Crippen LogP contribution >= 0.6 is 24.0 Å². The third-order valence-electron chi connectivity index (χ3n) is 5.21. The molecule has 1 aliphatic heterocycles. The first-order valence-corrected chi connectivity index (χ1v) is 9.70. The molecule has 0 bridgehead atoms. The second-order valence-electron chi connectivity index (χ2n) is 7.04. The fraction of sp³-hybridized carbons (Fsp3) is 1.00. The Morgan fingerprint density at radius 3 is 1.59 bits per heavy atom. The van der Waals surface area contributed by atoms with Crippen molar-refractivity contribution >= 4 is 24.0 Å². The van der Waals surface area contributed by atoms with Crippen molar-refractivity contribution in [2.45, 2.75) is 97.1 Å². The summed E-state index contributed by atoms with van der Waals surface area (Å²) < 4.78 is 0. The molecule has 22 heavy (non-hydrogen) atoms. The average Bonchev–Trinajstić information content (AvgIpc) is 2.80. The molecule has 1 fully saturated rings. The molecule has 0 aromatic rings. The molecule has 3 heteroatoms. The fourth-order valence-electron chi connectivity index (χ4n) is 3.39. The molecule has 0 N–H and O–H groups in total. The van der Waals surface area contributed by atoms with Gasteiger partial charge >= 0.3 is 0 Å². The number of rotatable bonds is 13. The number of nitrogens with zero attached hydrogens (tertiary/aromatic N) is 2. The summed E-state index contributed by atoms with van der Waals surface area (Å²) >= 11 is 0. The van der Waals surface area contributed by atoms with Crippen LogP contribution in [0.25, 0.3) is 0 Å². The molecule has 1 saturated heterocycles. The van der Waals surface area contributed by atoms with Crippen molar-refractivity contribution in [3.63, 3.8) is 0 Å². The van der Waals surface area contributed by atoms with Crippen molar-refractivity contribution in [1.82, 2.24) is 9.80 Å². The minimum absolute atomic E-state index is 0. The standard InChI is InChI=1S/C19H40N2.HI/c1-4-5-6-7-8-9-10-11-12-13-14-15-16-21-18-17-20(3)19(21)2;/h19H,4-18H2,1-3H3;1H. The summed E-state index contributed by atoms with van der Waals surface area (Å²) in [5, 5.41) is 0. The number of likely N-dealkylation sites (N-methyl/N-ethyl adjacent to an activating group) is 1. The Bertz CT molecular complexity index is 235. The molecular weight excluding hydrogens is 383 g/mol. The number of hydrogen-bond donors (Lipinski definition) is 0. The van der Waals surface area contributed by atoms with E-state index in [-0.39, 0.29) is 24.0 Å². The van der Waals surface area contributed by atoms with Gasteiger partial charge < -0.3 is 0 Å². The number of halogens is 1. The minimum Gasteiger partial charge on any atom is -0.290 e. The van der Waals surface area contributed by atoms with Crippen LogP contribution in [0.4, 0.5) is 0 Å². The summed E-state index contributed by atoms with van der Waals surface area (Å²) in [5.74, 6) is 0. The third kappa shape index (κ3) is 10.4. The van der Waals surface area contributed by atoms with Gasteiger partial charge in [-0.05, 0) is 26.9 Å². The van der Waals surface area contributed by atoms with Crippen molar-refractivity contribution in [3.05, 3.63) is 0 Å². The van der Waals surface area contributed by atoms with Crippen LogP contribution in [-0.4, -0.2) is 42.6 Å². The second kappa shape index (κ2) is 15.2. The monoisotopic (exact) mass is 424 g/mol. The van der Waals surface area contributed by atoms with E-state index < -0.39 is 0 Å². The topological polar surface area (TPSA) is 6.48 Å². The van der Waals surface area contributed by atoms with Gasteiger partial charge in [-0.2, -0.15) is 0 Å². The lowest BCUT2D eigenvalue weighted by molar-refractivity contribution is 0.174. The second-order valence-corrected chi connectivity index (χ2v) is 7.04. The Morgan fingerprint density at radius 2 is 1.18 bits per heavy atom. The largest absolute Gasteiger partial charge is 0.290 e. The molecule has 1 unspecified atom stereocenters. The minimum atomic E-state index is 0. The van der Waals surface area contributed by atoms with E-state index in [0.29, 0.717) is 6.17 Å². The van der Waals surface area contributed by atoms with Gasteiger partial charge in [-0.25, -0.2) is 0 Å². The molecule has 0 aromatic heterocycles. The molecule has 1 heterocycles. The maximum absolute atomic E-state index is 2.64. The Morgan fingerprint density at radius 1 is 0.727 bits per heavy atom.